The van der Waals surface area contributed by atoms with Crippen molar-refractivity contribution >= 4 is 5.91 Å². The van der Waals surface area contributed by atoms with Crippen LogP contribution < -0.4 is 5.73 Å². The molecule has 0 radical (unpaired) electrons. The van der Waals surface area contributed by atoms with E-state index in [2.05, 4.69) is 6.92 Å². The van der Waals surface area contributed by atoms with E-state index in [1.807, 2.05) is 0 Å². The van der Waals surface area contributed by atoms with Gasteiger partial charge >= 0.3 is 0 Å². The van der Waals surface area contributed by atoms with Crippen LogP contribution >= 0.6 is 0 Å². The first-order valence-electron chi connectivity index (χ1n) is 6.66. The van der Waals surface area contributed by atoms with Gasteiger partial charge in [0.05, 0.1) is 12.7 Å². The Balaban J connectivity index is 3.92. The molecule has 5 heteroatoms. The van der Waals surface area contributed by atoms with E-state index in [0.717, 1.165) is 19.3 Å². The number of carbonyl (C=O) groups is 1. The summed E-state index contributed by atoms with van der Waals surface area (Å²) < 4.78 is 4.83. The number of methoxy groups -OCH3 is 1. The van der Waals surface area contributed by atoms with Crippen LogP contribution in [0.15, 0.2) is 0 Å². The molecule has 5 nitrogen and oxygen atoms in total. The second kappa shape index (κ2) is 10.3. The summed E-state index contributed by atoms with van der Waals surface area (Å²) in [5.41, 5.74) is 5.53. The van der Waals surface area contributed by atoms with Crippen molar-refractivity contribution in [3.63, 3.8) is 0 Å². The van der Waals surface area contributed by atoms with Crippen LogP contribution in [0.3, 0.4) is 0 Å². The van der Waals surface area contributed by atoms with E-state index in [0.29, 0.717) is 25.4 Å². The third-order valence-electron chi connectivity index (χ3n) is 3.19. The van der Waals surface area contributed by atoms with Crippen molar-refractivity contribution in [3.05, 3.63) is 0 Å². The highest BCUT2D eigenvalue weighted by molar-refractivity contribution is 5.75. The number of carbonyl (C=O) groups excluding carboxylic acids is 1. The molecule has 0 saturated heterocycles. The summed E-state index contributed by atoms with van der Waals surface area (Å²) in [6, 6.07) is 0. The van der Waals surface area contributed by atoms with Crippen molar-refractivity contribution in [2.24, 2.45) is 11.7 Å². The number of ether oxygens (including phenoxy) is 1. The summed E-state index contributed by atoms with van der Waals surface area (Å²) >= 11 is 0. The maximum absolute atomic E-state index is 11.9. The van der Waals surface area contributed by atoms with Crippen molar-refractivity contribution in [2.45, 2.75) is 38.7 Å². The highest BCUT2D eigenvalue weighted by atomic mass is 16.5. The van der Waals surface area contributed by atoms with Gasteiger partial charge in [-0.2, -0.15) is 0 Å². The van der Waals surface area contributed by atoms with Crippen molar-refractivity contribution in [3.8, 4) is 0 Å². The van der Waals surface area contributed by atoms with Gasteiger partial charge < -0.3 is 20.5 Å². The maximum atomic E-state index is 11.9. The van der Waals surface area contributed by atoms with E-state index in [9.17, 15) is 9.90 Å². The highest BCUT2D eigenvalue weighted by Crippen LogP contribution is 2.15. The van der Waals surface area contributed by atoms with Gasteiger partial charge in [-0.3, -0.25) is 4.79 Å². The fourth-order valence-electron chi connectivity index (χ4n) is 1.97. The summed E-state index contributed by atoms with van der Waals surface area (Å²) in [5, 5.41) is 9.54. The van der Waals surface area contributed by atoms with Gasteiger partial charge in [-0.25, -0.2) is 0 Å². The largest absolute Gasteiger partial charge is 0.389 e. The predicted octanol–water partition coefficient (Wildman–Crippen LogP) is 0.607. The second-order valence-corrected chi connectivity index (χ2v) is 4.77. The zero-order valence-corrected chi connectivity index (χ0v) is 11.9. The van der Waals surface area contributed by atoms with Crippen molar-refractivity contribution < 1.29 is 14.6 Å². The van der Waals surface area contributed by atoms with E-state index >= 15 is 0 Å². The zero-order valence-electron chi connectivity index (χ0n) is 11.9. The van der Waals surface area contributed by atoms with Gasteiger partial charge in [-0.1, -0.05) is 13.3 Å². The minimum Gasteiger partial charge on any atom is -0.389 e. The first-order chi connectivity index (χ1) is 8.54. The number of amides is 1. The van der Waals surface area contributed by atoms with Crippen LogP contribution in [0.2, 0.25) is 0 Å². The minimum atomic E-state index is -0.616. The van der Waals surface area contributed by atoms with Gasteiger partial charge in [-0.05, 0) is 25.3 Å². The molecular weight excluding hydrogens is 232 g/mol. The molecule has 18 heavy (non-hydrogen) atoms. The number of aliphatic hydroxyl groups is 1. The molecule has 0 aromatic heterocycles. The average molecular weight is 260 g/mol. The van der Waals surface area contributed by atoms with E-state index in [-0.39, 0.29) is 12.5 Å². The number of hydrogen-bond donors (Lipinski definition) is 2. The van der Waals surface area contributed by atoms with E-state index in [1.54, 1.807) is 11.9 Å². The number of rotatable bonds is 10. The molecule has 0 bridgehead atoms. The normalized spacial score (nSPS) is 14.3. The maximum Gasteiger partial charge on any atom is 0.222 e. The number of nitrogens with two attached hydrogens (primary N) is 1. The predicted molar refractivity (Wildman–Crippen MR) is 72.2 cm³/mol. The number of hydrogen-bond acceptors (Lipinski definition) is 4. The molecule has 0 aromatic rings. The summed E-state index contributed by atoms with van der Waals surface area (Å²) in [6.07, 6.45) is 2.81. The Morgan fingerprint density at radius 3 is 2.61 bits per heavy atom. The lowest BCUT2D eigenvalue weighted by Gasteiger charge is -2.21. The van der Waals surface area contributed by atoms with Gasteiger partial charge in [0.25, 0.3) is 0 Å². The van der Waals surface area contributed by atoms with E-state index in [4.69, 9.17) is 10.5 Å². The SMILES string of the molecule is CCC(CCN)CCC(=O)N(C)CC(O)COC. The minimum absolute atomic E-state index is 0.0700. The molecule has 2 unspecified atom stereocenters. The van der Waals surface area contributed by atoms with Gasteiger partial charge in [0.1, 0.15) is 0 Å². The monoisotopic (exact) mass is 260 g/mol. The molecule has 2 atom stereocenters. The Morgan fingerprint density at radius 1 is 1.44 bits per heavy atom. The van der Waals surface area contributed by atoms with Crippen LogP contribution in [0.25, 0.3) is 0 Å². The molecule has 0 aliphatic rings. The lowest BCUT2D eigenvalue weighted by Crippen LogP contribution is -2.36. The van der Waals surface area contributed by atoms with Gasteiger partial charge in [0, 0.05) is 27.1 Å². The van der Waals surface area contributed by atoms with Crippen LogP contribution in [0.5, 0.6) is 0 Å². The Bertz CT molecular complexity index is 224. The molecule has 0 aromatic carbocycles. The summed E-state index contributed by atoms with van der Waals surface area (Å²) in [6.45, 7) is 3.37. The number of likely N-dealkylation sites (N-methyl/N-ethyl adjacent to an activating group) is 1. The molecule has 3 N–H and O–H groups in total. The van der Waals surface area contributed by atoms with Crippen LogP contribution in [0.4, 0.5) is 0 Å². The van der Waals surface area contributed by atoms with Crippen molar-refractivity contribution in [1.82, 2.24) is 4.90 Å². The molecule has 0 aliphatic carbocycles. The molecule has 0 rings (SSSR count). The smallest absolute Gasteiger partial charge is 0.222 e. The van der Waals surface area contributed by atoms with E-state index in [1.165, 1.54) is 7.11 Å². The highest BCUT2D eigenvalue weighted by Gasteiger charge is 2.15. The molecule has 108 valence electrons. The lowest BCUT2D eigenvalue weighted by molar-refractivity contribution is -0.131. The fourth-order valence-corrected chi connectivity index (χ4v) is 1.97. The third-order valence-corrected chi connectivity index (χ3v) is 3.19. The molecule has 0 fully saturated rings. The number of aliphatic hydroxyl groups excluding tert-OH is 1. The topological polar surface area (TPSA) is 75.8 Å². The molecule has 0 heterocycles. The van der Waals surface area contributed by atoms with Crippen molar-refractivity contribution in [1.29, 1.82) is 0 Å². The molecule has 1 amide bonds. The Hall–Kier alpha value is -0.650. The summed E-state index contributed by atoms with van der Waals surface area (Å²) in [7, 11) is 3.24. The van der Waals surface area contributed by atoms with Crippen LogP contribution in [0.1, 0.15) is 32.6 Å². The Morgan fingerprint density at radius 2 is 2.11 bits per heavy atom. The van der Waals surface area contributed by atoms with Gasteiger partial charge in [-0.15, -0.1) is 0 Å². The molecule has 0 saturated carbocycles. The average Bonchev–Trinajstić information content (AvgIpc) is 2.34. The van der Waals surface area contributed by atoms with Crippen LogP contribution in [-0.2, 0) is 9.53 Å². The van der Waals surface area contributed by atoms with Crippen LogP contribution in [-0.4, -0.2) is 55.9 Å². The summed E-state index contributed by atoms with van der Waals surface area (Å²) in [5.74, 6) is 0.594. The Labute approximate surface area is 110 Å². The van der Waals surface area contributed by atoms with Crippen LogP contribution in [0, 0.1) is 5.92 Å². The first-order valence-corrected chi connectivity index (χ1v) is 6.66. The Kier molecular flexibility index (Phi) is 9.92. The van der Waals surface area contributed by atoms with Gasteiger partial charge in [0.2, 0.25) is 5.91 Å². The zero-order chi connectivity index (χ0) is 14.0. The number of nitrogens with zero attached hydrogens (tertiary/aromatic N) is 1. The fraction of sp³-hybridized carbons (Fsp3) is 0.923. The van der Waals surface area contributed by atoms with E-state index < -0.39 is 6.10 Å². The third kappa shape index (κ3) is 7.63. The first kappa shape index (κ1) is 17.4. The second-order valence-electron chi connectivity index (χ2n) is 4.77. The lowest BCUT2D eigenvalue weighted by atomic mass is 9.96. The quantitative estimate of drug-likeness (QED) is 0.603. The van der Waals surface area contributed by atoms with Crippen molar-refractivity contribution in [2.75, 3.05) is 33.9 Å². The molecule has 0 aliphatic heterocycles. The molecular formula is C13H28N2O3. The van der Waals surface area contributed by atoms with Gasteiger partial charge in [0.15, 0.2) is 0 Å². The summed E-state index contributed by atoms with van der Waals surface area (Å²) in [4.78, 5) is 13.4. The standard InChI is InChI=1S/C13H28N2O3/c1-4-11(7-8-14)5-6-13(17)15(2)9-12(16)10-18-3/h11-12,16H,4-10,14H2,1-3H3. The molecule has 0 spiro atoms.